The third kappa shape index (κ3) is 7.86. The van der Waals surface area contributed by atoms with E-state index < -0.39 is 6.04 Å². The molecule has 2 aromatic rings. The molecular weight excluding hydrogens is 392 g/mol. The van der Waals surface area contributed by atoms with Crippen molar-refractivity contribution >= 4 is 23.6 Å². The average molecular weight is 427 g/mol. The van der Waals surface area contributed by atoms with E-state index in [2.05, 4.69) is 31.3 Å². The van der Waals surface area contributed by atoms with Crippen LogP contribution in [-0.2, 0) is 21.9 Å². The topological polar surface area (TPSA) is 49.4 Å². The highest BCUT2D eigenvalue weighted by molar-refractivity contribution is 7.98. The molecule has 0 radical (unpaired) electrons. The number of thioether (sulfide) groups is 1. The number of nitrogens with one attached hydrogen (secondary N) is 1. The summed E-state index contributed by atoms with van der Waals surface area (Å²) in [5.74, 6) is 1.92. The number of rotatable bonds is 11. The third-order valence-electron chi connectivity index (χ3n) is 5.03. The van der Waals surface area contributed by atoms with Crippen LogP contribution in [0.2, 0.25) is 0 Å². The molecule has 1 atom stereocenters. The second-order valence-corrected chi connectivity index (χ2v) is 9.16. The van der Waals surface area contributed by atoms with E-state index in [9.17, 15) is 9.59 Å². The molecule has 0 aliphatic rings. The maximum absolute atomic E-state index is 13.1. The third-order valence-corrected chi connectivity index (χ3v) is 6.06. The van der Waals surface area contributed by atoms with Gasteiger partial charge >= 0.3 is 0 Å². The minimum Gasteiger partial charge on any atom is -0.354 e. The Hall–Kier alpha value is -2.27. The molecule has 30 heavy (non-hydrogen) atoms. The minimum absolute atomic E-state index is 0.0195. The first-order chi connectivity index (χ1) is 14.4. The molecule has 0 spiro atoms. The summed E-state index contributed by atoms with van der Waals surface area (Å²) >= 11 is 1.75. The lowest BCUT2D eigenvalue weighted by atomic mass is 10.1. The molecule has 0 unspecified atom stereocenters. The van der Waals surface area contributed by atoms with Gasteiger partial charge < -0.3 is 10.2 Å². The maximum atomic E-state index is 13.1. The van der Waals surface area contributed by atoms with Gasteiger partial charge in [-0.2, -0.15) is 11.8 Å². The molecule has 0 heterocycles. The molecule has 162 valence electrons. The molecule has 0 fully saturated rings. The lowest BCUT2D eigenvalue weighted by Gasteiger charge is -2.29. The van der Waals surface area contributed by atoms with Gasteiger partial charge in [0.25, 0.3) is 0 Å². The van der Waals surface area contributed by atoms with Crippen molar-refractivity contribution in [2.45, 2.75) is 52.5 Å². The first-order valence-electron chi connectivity index (χ1n) is 10.6. The van der Waals surface area contributed by atoms with Crippen LogP contribution in [0.25, 0.3) is 0 Å². The second kappa shape index (κ2) is 12.4. The SMILES string of the molecule is Cc1ccccc1CN(C(=O)CCSCc1ccccc1)[C@H](C)C(=O)NCC(C)C. The lowest BCUT2D eigenvalue weighted by Crippen LogP contribution is -2.48. The summed E-state index contributed by atoms with van der Waals surface area (Å²) < 4.78 is 0. The van der Waals surface area contributed by atoms with Crippen LogP contribution >= 0.6 is 11.8 Å². The van der Waals surface area contributed by atoms with Gasteiger partial charge in [0.1, 0.15) is 6.04 Å². The normalized spacial score (nSPS) is 11.9. The predicted molar refractivity (Wildman–Crippen MR) is 126 cm³/mol. The van der Waals surface area contributed by atoms with Gasteiger partial charge in [0.05, 0.1) is 0 Å². The molecule has 2 aromatic carbocycles. The highest BCUT2D eigenvalue weighted by atomic mass is 32.2. The Labute approximate surface area is 185 Å². The van der Waals surface area contributed by atoms with E-state index in [4.69, 9.17) is 0 Å². The van der Waals surface area contributed by atoms with E-state index in [1.807, 2.05) is 56.3 Å². The summed E-state index contributed by atoms with van der Waals surface area (Å²) in [7, 11) is 0. The van der Waals surface area contributed by atoms with Crippen LogP contribution in [0.5, 0.6) is 0 Å². The fourth-order valence-corrected chi connectivity index (χ4v) is 3.96. The molecule has 0 bridgehead atoms. The Morgan fingerprint density at radius 2 is 1.67 bits per heavy atom. The molecule has 1 N–H and O–H groups in total. The van der Waals surface area contributed by atoms with Crippen LogP contribution in [0, 0.1) is 12.8 Å². The quantitative estimate of drug-likeness (QED) is 0.525. The zero-order valence-electron chi connectivity index (χ0n) is 18.6. The molecule has 4 nitrogen and oxygen atoms in total. The van der Waals surface area contributed by atoms with Crippen LogP contribution in [-0.4, -0.2) is 35.1 Å². The standard InChI is InChI=1S/C25H34N2O2S/c1-19(2)16-26-25(29)21(4)27(17-23-13-9-8-10-20(23)3)24(28)14-15-30-18-22-11-6-5-7-12-22/h5-13,19,21H,14-18H2,1-4H3,(H,26,29)/t21-/m1/s1. The number of aryl methyl sites for hydroxylation is 1. The van der Waals surface area contributed by atoms with Crippen LogP contribution in [0.3, 0.4) is 0 Å². The number of amides is 2. The first-order valence-corrected chi connectivity index (χ1v) is 11.8. The van der Waals surface area contributed by atoms with E-state index in [1.165, 1.54) is 5.56 Å². The molecule has 2 amide bonds. The van der Waals surface area contributed by atoms with E-state index in [0.29, 0.717) is 25.4 Å². The van der Waals surface area contributed by atoms with E-state index >= 15 is 0 Å². The summed E-state index contributed by atoms with van der Waals surface area (Å²) in [5.41, 5.74) is 3.46. The van der Waals surface area contributed by atoms with Gasteiger partial charge in [-0.05, 0) is 36.5 Å². The van der Waals surface area contributed by atoms with Crippen molar-refractivity contribution in [2.75, 3.05) is 12.3 Å². The van der Waals surface area contributed by atoms with Crippen LogP contribution in [0.1, 0.15) is 43.9 Å². The molecule has 5 heteroatoms. The van der Waals surface area contributed by atoms with Gasteiger partial charge in [-0.25, -0.2) is 0 Å². The van der Waals surface area contributed by atoms with Crippen molar-refractivity contribution in [3.63, 3.8) is 0 Å². The van der Waals surface area contributed by atoms with E-state index in [0.717, 1.165) is 22.6 Å². The Morgan fingerprint density at radius 1 is 1.00 bits per heavy atom. The van der Waals surface area contributed by atoms with Crippen molar-refractivity contribution in [1.82, 2.24) is 10.2 Å². The van der Waals surface area contributed by atoms with Crippen molar-refractivity contribution in [3.8, 4) is 0 Å². The molecule has 0 aromatic heterocycles. The number of hydrogen-bond acceptors (Lipinski definition) is 3. The van der Waals surface area contributed by atoms with Crippen LogP contribution in [0.15, 0.2) is 54.6 Å². The lowest BCUT2D eigenvalue weighted by molar-refractivity contribution is -0.140. The van der Waals surface area contributed by atoms with E-state index in [-0.39, 0.29) is 11.8 Å². The smallest absolute Gasteiger partial charge is 0.242 e. The van der Waals surface area contributed by atoms with Gasteiger partial charge in [0.15, 0.2) is 0 Å². The fourth-order valence-electron chi connectivity index (χ4n) is 3.07. The molecule has 0 aliphatic carbocycles. The predicted octanol–water partition coefficient (Wildman–Crippen LogP) is 4.81. The second-order valence-electron chi connectivity index (χ2n) is 8.05. The summed E-state index contributed by atoms with van der Waals surface area (Å²) in [6.45, 7) is 9.05. The summed E-state index contributed by atoms with van der Waals surface area (Å²) in [6, 6.07) is 17.8. The Bertz CT molecular complexity index is 808. The largest absolute Gasteiger partial charge is 0.354 e. The van der Waals surface area contributed by atoms with Crippen LogP contribution in [0.4, 0.5) is 0 Å². The Morgan fingerprint density at radius 3 is 2.33 bits per heavy atom. The zero-order chi connectivity index (χ0) is 21.9. The number of nitrogens with zero attached hydrogens (tertiary/aromatic N) is 1. The summed E-state index contributed by atoms with van der Waals surface area (Å²) in [6.07, 6.45) is 0.422. The number of benzene rings is 2. The van der Waals surface area contributed by atoms with Gasteiger partial charge in [0.2, 0.25) is 11.8 Å². The van der Waals surface area contributed by atoms with Gasteiger partial charge in [-0.15, -0.1) is 0 Å². The zero-order valence-corrected chi connectivity index (χ0v) is 19.4. The molecule has 0 saturated heterocycles. The highest BCUT2D eigenvalue weighted by Gasteiger charge is 2.26. The summed E-state index contributed by atoms with van der Waals surface area (Å²) in [4.78, 5) is 27.5. The number of carbonyl (C=O) groups is 2. The molecule has 0 saturated carbocycles. The Kier molecular flexibility index (Phi) is 9.95. The minimum atomic E-state index is -0.505. The Balaban J connectivity index is 2.00. The molecular formula is C25H34N2O2S. The van der Waals surface area contributed by atoms with Crippen molar-refractivity contribution in [2.24, 2.45) is 5.92 Å². The van der Waals surface area contributed by atoms with Gasteiger partial charge in [-0.3, -0.25) is 9.59 Å². The maximum Gasteiger partial charge on any atom is 0.242 e. The summed E-state index contributed by atoms with van der Waals surface area (Å²) in [5, 5.41) is 2.97. The molecule has 2 rings (SSSR count). The highest BCUT2D eigenvalue weighted by Crippen LogP contribution is 2.17. The monoisotopic (exact) mass is 426 g/mol. The van der Waals surface area contributed by atoms with Crippen LogP contribution < -0.4 is 5.32 Å². The van der Waals surface area contributed by atoms with Gasteiger partial charge in [-0.1, -0.05) is 68.4 Å². The first kappa shape index (κ1) is 24.0. The van der Waals surface area contributed by atoms with Crippen molar-refractivity contribution in [1.29, 1.82) is 0 Å². The molecule has 0 aliphatic heterocycles. The van der Waals surface area contributed by atoms with Crippen molar-refractivity contribution < 1.29 is 9.59 Å². The average Bonchev–Trinajstić information content (AvgIpc) is 2.74. The van der Waals surface area contributed by atoms with Crippen molar-refractivity contribution in [3.05, 3.63) is 71.3 Å². The fraction of sp³-hybridized carbons (Fsp3) is 0.440. The van der Waals surface area contributed by atoms with E-state index in [1.54, 1.807) is 16.7 Å². The number of carbonyl (C=O) groups excluding carboxylic acids is 2. The van der Waals surface area contributed by atoms with Gasteiger partial charge in [0, 0.05) is 31.0 Å². The number of hydrogen-bond donors (Lipinski definition) is 1.